The van der Waals surface area contributed by atoms with E-state index in [1.807, 2.05) is 0 Å². The van der Waals surface area contributed by atoms with Gasteiger partial charge >= 0.3 is 11.9 Å². The molecule has 0 aromatic carbocycles. The lowest BCUT2D eigenvalue weighted by Gasteiger charge is -2.09. The van der Waals surface area contributed by atoms with Crippen LogP contribution in [0.2, 0.25) is 15.2 Å². The van der Waals surface area contributed by atoms with Gasteiger partial charge in [-0.2, -0.15) is 0 Å². The molecular formula is C17H14Cl3N5O4S. The molecule has 0 radical (unpaired) electrons. The fourth-order valence-electron chi connectivity index (χ4n) is 2.54. The summed E-state index contributed by atoms with van der Waals surface area (Å²) in [5.41, 5.74) is 12.0. The van der Waals surface area contributed by atoms with Crippen LogP contribution < -0.4 is 11.5 Å². The molecule has 0 aliphatic rings. The molecule has 3 aromatic rings. The van der Waals surface area contributed by atoms with Crippen LogP contribution in [0.1, 0.15) is 38.5 Å². The number of carbonyl (C=O) groups excluding carboxylic acids is 2. The minimum Gasteiger partial charge on any atom is -0.462 e. The van der Waals surface area contributed by atoms with Crippen LogP contribution in [0.25, 0.3) is 10.2 Å². The Bertz CT molecular complexity index is 1180. The number of nitrogens with two attached hydrogens (primary N) is 2. The maximum atomic E-state index is 12.4. The Kier molecular flexibility index (Phi) is 6.51. The Morgan fingerprint density at radius 3 is 2.40 bits per heavy atom. The molecule has 0 saturated carbocycles. The van der Waals surface area contributed by atoms with Gasteiger partial charge in [0.1, 0.15) is 20.5 Å². The Hall–Kier alpha value is -2.40. The normalized spacial score (nSPS) is 11.0. The maximum Gasteiger partial charge on any atom is 0.359 e. The third-order valence-corrected chi connectivity index (χ3v) is 6.22. The fraction of sp³-hybridized carbons (Fsp3) is 0.235. The van der Waals surface area contributed by atoms with Gasteiger partial charge in [-0.1, -0.05) is 34.8 Å². The number of pyridine rings is 1. The minimum absolute atomic E-state index is 0.0646. The van der Waals surface area contributed by atoms with Crippen LogP contribution in [-0.4, -0.2) is 33.5 Å². The summed E-state index contributed by atoms with van der Waals surface area (Å²) in [4.78, 5) is 37.5. The van der Waals surface area contributed by atoms with Gasteiger partial charge in [0.15, 0.2) is 23.3 Å². The van der Waals surface area contributed by atoms with Crippen molar-refractivity contribution in [2.45, 2.75) is 20.5 Å². The molecule has 30 heavy (non-hydrogen) atoms. The van der Waals surface area contributed by atoms with Gasteiger partial charge < -0.3 is 20.9 Å². The van der Waals surface area contributed by atoms with E-state index >= 15 is 0 Å². The van der Waals surface area contributed by atoms with Crippen LogP contribution in [0.15, 0.2) is 0 Å². The molecule has 13 heteroatoms. The van der Waals surface area contributed by atoms with E-state index in [1.54, 1.807) is 13.8 Å². The van der Waals surface area contributed by atoms with Gasteiger partial charge in [-0.3, -0.25) is 0 Å². The lowest BCUT2D eigenvalue weighted by molar-refractivity contribution is 0.0455. The predicted octanol–water partition coefficient (Wildman–Crippen LogP) is 4.05. The van der Waals surface area contributed by atoms with Crippen molar-refractivity contribution in [3.63, 3.8) is 0 Å². The van der Waals surface area contributed by atoms with Gasteiger partial charge in [-0.25, -0.2) is 24.5 Å². The smallest absolute Gasteiger partial charge is 0.359 e. The average molecular weight is 491 g/mol. The number of hydrogen-bond donors (Lipinski definition) is 2. The molecule has 3 heterocycles. The summed E-state index contributed by atoms with van der Waals surface area (Å²) < 4.78 is 10.2. The number of aryl methyl sites for hydroxylation is 1. The number of hydrogen-bond acceptors (Lipinski definition) is 10. The first-order chi connectivity index (χ1) is 14.1. The highest BCUT2D eigenvalue weighted by molar-refractivity contribution is 7.20. The highest BCUT2D eigenvalue weighted by Crippen LogP contribution is 2.35. The molecule has 0 unspecified atom stereocenters. The highest BCUT2D eigenvalue weighted by atomic mass is 35.5. The number of thiophene rings is 1. The van der Waals surface area contributed by atoms with Gasteiger partial charge in [-0.15, -0.1) is 11.3 Å². The number of fused-ring (bicyclic) bond motifs is 1. The van der Waals surface area contributed by atoms with Gasteiger partial charge in [0.25, 0.3) is 0 Å². The third-order valence-electron chi connectivity index (χ3n) is 3.92. The largest absolute Gasteiger partial charge is 0.462 e. The number of rotatable bonds is 5. The van der Waals surface area contributed by atoms with Crippen molar-refractivity contribution in [2.24, 2.45) is 0 Å². The zero-order valence-electron chi connectivity index (χ0n) is 15.6. The third kappa shape index (κ3) is 4.08. The number of esters is 2. The van der Waals surface area contributed by atoms with E-state index in [0.29, 0.717) is 20.7 Å². The number of ether oxygens (including phenoxy) is 2. The van der Waals surface area contributed by atoms with Crippen LogP contribution in [0.3, 0.4) is 0 Å². The average Bonchev–Trinajstić information content (AvgIpc) is 3.04. The minimum atomic E-state index is -0.901. The Morgan fingerprint density at radius 1 is 1.03 bits per heavy atom. The number of aromatic nitrogens is 3. The summed E-state index contributed by atoms with van der Waals surface area (Å²) >= 11 is 18.8. The molecule has 9 nitrogen and oxygen atoms in total. The van der Waals surface area contributed by atoms with Crippen LogP contribution in [0.4, 0.5) is 11.5 Å². The topological polar surface area (TPSA) is 143 Å². The van der Waals surface area contributed by atoms with E-state index in [9.17, 15) is 9.59 Å². The van der Waals surface area contributed by atoms with Gasteiger partial charge in [0.05, 0.1) is 22.7 Å². The second-order valence-electron chi connectivity index (χ2n) is 5.85. The van der Waals surface area contributed by atoms with Crippen molar-refractivity contribution in [3.05, 3.63) is 37.2 Å². The van der Waals surface area contributed by atoms with Crippen LogP contribution in [0.5, 0.6) is 0 Å². The molecule has 0 amide bonds. The SMILES string of the molecule is CCOC(=O)c1sc2nc(COC(=O)c3nc(Cl)c(Cl)c(N)c3Cl)nc(N)c2c1C. The molecular weight excluding hydrogens is 477 g/mol. The molecule has 4 N–H and O–H groups in total. The van der Waals surface area contributed by atoms with E-state index in [-0.39, 0.29) is 51.4 Å². The second-order valence-corrected chi connectivity index (χ2v) is 7.96. The molecule has 0 saturated heterocycles. The lowest BCUT2D eigenvalue weighted by Crippen LogP contribution is -2.12. The number of anilines is 2. The molecule has 0 bridgehead atoms. The monoisotopic (exact) mass is 489 g/mol. The second kappa shape index (κ2) is 8.76. The quantitative estimate of drug-likeness (QED) is 0.399. The number of nitrogen functional groups attached to an aromatic ring is 2. The van der Waals surface area contributed by atoms with Crippen molar-refractivity contribution >= 4 is 79.8 Å². The Balaban J connectivity index is 1.87. The van der Waals surface area contributed by atoms with Crippen molar-refractivity contribution < 1.29 is 19.1 Å². The summed E-state index contributed by atoms with van der Waals surface area (Å²) in [6.45, 7) is 3.35. The van der Waals surface area contributed by atoms with E-state index in [4.69, 9.17) is 55.7 Å². The first-order valence-electron chi connectivity index (χ1n) is 8.35. The first kappa shape index (κ1) is 22.3. The molecule has 158 valence electrons. The van der Waals surface area contributed by atoms with E-state index in [2.05, 4.69) is 15.0 Å². The molecule has 0 spiro atoms. The van der Waals surface area contributed by atoms with Gasteiger partial charge in [0, 0.05) is 0 Å². The van der Waals surface area contributed by atoms with Crippen LogP contribution >= 0.6 is 46.1 Å². The summed E-state index contributed by atoms with van der Waals surface area (Å²) in [6.07, 6.45) is 0. The molecule has 0 aliphatic carbocycles. The number of halogens is 3. The highest BCUT2D eigenvalue weighted by Gasteiger charge is 2.23. The Labute approximate surface area is 189 Å². The number of nitrogens with zero attached hydrogens (tertiary/aromatic N) is 3. The fourth-order valence-corrected chi connectivity index (χ4v) is 4.22. The van der Waals surface area contributed by atoms with Crippen molar-refractivity contribution in [2.75, 3.05) is 18.1 Å². The van der Waals surface area contributed by atoms with Gasteiger partial charge in [-0.05, 0) is 19.4 Å². The van der Waals surface area contributed by atoms with E-state index < -0.39 is 11.9 Å². The lowest BCUT2D eigenvalue weighted by atomic mass is 10.2. The Morgan fingerprint density at radius 2 is 1.73 bits per heavy atom. The number of carbonyl (C=O) groups is 2. The standard InChI is InChI=1S/C17H14Cl3N5O4S/c1-3-28-17(27)12-5(2)7-14(22)23-6(24-15(7)30-12)4-29-16(26)11-8(18)10(21)9(19)13(20)25-11/h3-4H2,1-2H3,(H2,21,25)(H2,22,23,24). The molecule has 0 fully saturated rings. The molecule has 3 aromatic heterocycles. The summed E-state index contributed by atoms with van der Waals surface area (Å²) in [5, 5.41) is 0.108. The van der Waals surface area contributed by atoms with Gasteiger partial charge in [0.2, 0.25) is 0 Å². The van der Waals surface area contributed by atoms with Crippen LogP contribution in [0, 0.1) is 6.92 Å². The predicted molar refractivity (Wildman–Crippen MR) is 115 cm³/mol. The molecule has 3 rings (SSSR count). The maximum absolute atomic E-state index is 12.4. The molecule has 0 atom stereocenters. The van der Waals surface area contributed by atoms with Crippen LogP contribution in [-0.2, 0) is 16.1 Å². The summed E-state index contributed by atoms with van der Waals surface area (Å²) in [5.74, 6) is -1.11. The van der Waals surface area contributed by atoms with Crippen molar-refractivity contribution in [1.29, 1.82) is 0 Å². The van der Waals surface area contributed by atoms with E-state index in [1.165, 1.54) is 0 Å². The van der Waals surface area contributed by atoms with Crippen molar-refractivity contribution in [3.8, 4) is 0 Å². The summed E-state index contributed by atoms with van der Waals surface area (Å²) in [6, 6.07) is 0. The van der Waals surface area contributed by atoms with E-state index in [0.717, 1.165) is 11.3 Å². The molecule has 0 aliphatic heterocycles. The summed E-state index contributed by atoms with van der Waals surface area (Å²) in [7, 11) is 0. The first-order valence-corrected chi connectivity index (χ1v) is 10.3. The van der Waals surface area contributed by atoms with Crippen molar-refractivity contribution in [1.82, 2.24) is 15.0 Å². The zero-order valence-corrected chi connectivity index (χ0v) is 18.7. The zero-order chi connectivity index (χ0) is 22.2.